The number of anilines is 1. The number of carbonyl (C=O) groups excluding carboxylic acids is 3. The van der Waals surface area contributed by atoms with Crippen molar-refractivity contribution in [2.24, 2.45) is 5.92 Å². The highest BCUT2D eigenvalue weighted by atomic mass is 16.5. The van der Waals surface area contributed by atoms with E-state index in [0.29, 0.717) is 45.5 Å². The molecule has 2 aliphatic rings. The summed E-state index contributed by atoms with van der Waals surface area (Å²) in [6, 6.07) is 5.60. The van der Waals surface area contributed by atoms with Gasteiger partial charge in [-0.15, -0.1) is 0 Å². The highest BCUT2D eigenvalue weighted by molar-refractivity contribution is 5.97. The quantitative estimate of drug-likeness (QED) is 0.805. The first-order chi connectivity index (χ1) is 13.4. The van der Waals surface area contributed by atoms with Crippen LogP contribution < -0.4 is 10.2 Å². The molecule has 2 aliphatic heterocycles. The van der Waals surface area contributed by atoms with Crippen molar-refractivity contribution < 1.29 is 19.1 Å². The Hall–Kier alpha value is -2.57. The van der Waals surface area contributed by atoms with Crippen molar-refractivity contribution in [1.82, 2.24) is 10.2 Å². The molecule has 0 bridgehead atoms. The second-order valence-electron chi connectivity index (χ2n) is 7.64. The van der Waals surface area contributed by atoms with Gasteiger partial charge in [-0.3, -0.25) is 9.59 Å². The Balaban J connectivity index is 1.52. The second-order valence-corrected chi connectivity index (χ2v) is 7.64. The molecule has 7 heteroatoms. The van der Waals surface area contributed by atoms with Crippen molar-refractivity contribution >= 4 is 23.6 Å². The van der Waals surface area contributed by atoms with Gasteiger partial charge in [-0.25, -0.2) is 4.79 Å². The molecule has 2 saturated heterocycles. The molecular weight excluding hydrogens is 358 g/mol. The minimum Gasteiger partial charge on any atom is -0.466 e. The number of aryl methyl sites for hydroxylation is 2. The van der Waals surface area contributed by atoms with Gasteiger partial charge in [0.15, 0.2) is 0 Å². The van der Waals surface area contributed by atoms with Crippen LogP contribution in [0.25, 0.3) is 0 Å². The van der Waals surface area contributed by atoms with Crippen LogP contribution in [0.5, 0.6) is 0 Å². The first-order valence-electron chi connectivity index (χ1n) is 9.98. The lowest BCUT2D eigenvalue weighted by Gasteiger charge is -2.31. The Labute approximate surface area is 166 Å². The Morgan fingerprint density at radius 2 is 1.89 bits per heavy atom. The fraction of sp³-hybridized carbons (Fsp3) is 0.571. The average Bonchev–Trinajstić information content (AvgIpc) is 3.04. The number of nitrogens with zero attached hydrogens (tertiary/aromatic N) is 2. The standard InChI is InChI=1S/C21H29N3O4/c1-4-28-20(26)16-7-9-23(10-8-16)21(27)22-17-12-19(25)24(13-17)18-6-5-14(2)15(3)11-18/h5-6,11,16-17H,4,7-10,12-13H2,1-3H3,(H,22,27). The van der Waals surface area contributed by atoms with Crippen LogP contribution >= 0.6 is 0 Å². The lowest BCUT2D eigenvalue weighted by atomic mass is 9.97. The van der Waals surface area contributed by atoms with Crippen molar-refractivity contribution in [3.8, 4) is 0 Å². The van der Waals surface area contributed by atoms with E-state index in [2.05, 4.69) is 5.32 Å². The van der Waals surface area contributed by atoms with Crippen LogP contribution in [0.3, 0.4) is 0 Å². The van der Waals surface area contributed by atoms with Crippen molar-refractivity contribution in [2.45, 2.75) is 46.1 Å². The molecule has 1 aromatic rings. The Bertz CT molecular complexity index is 756. The molecule has 0 saturated carbocycles. The number of carbonyl (C=O) groups is 3. The number of ether oxygens (including phenoxy) is 1. The number of esters is 1. The van der Waals surface area contributed by atoms with Gasteiger partial charge < -0.3 is 19.9 Å². The summed E-state index contributed by atoms with van der Waals surface area (Å²) >= 11 is 0. The van der Waals surface area contributed by atoms with E-state index in [1.807, 2.05) is 32.0 Å². The normalized spacial score (nSPS) is 20.4. The monoisotopic (exact) mass is 387 g/mol. The summed E-state index contributed by atoms with van der Waals surface area (Å²) in [4.78, 5) is 40.3. The number of nitrogens with one attached hydrogen (secondary N) is 1. The molecule has 3 amide bonds. The van der Waals surface area contributed by atoms with E-state index in [-0.39, 0.29) is 29.9 Å². The Morgan fingerprint density at radius 1 is 1.18 bits per heavy atom. The van der Waals surface area contributed by atoms with E-state index in [0.717, 1.165) is 11.3 Å². The number of amides is 3. The topological polar surface area (TPSA) is 79.0 Å². The van der Waals surface area contributed by atoms with Gasteiger partial charge in [-0.1, -0.05) is 6.07 Å². The third-order valence-electron chi connectivity index (χ3n) is 5.66. The van der Waals surface area contributed by atoms with Gasteiger partial charge in [0, 0.05) is 31.7 Å². The zero-order valence-corrected chi connectivity index (χ0v) is 16.9. The van der Waals surface area contributed by atoms with Gasteiger partial charge in [0.2, 0.25) is 5.91 Å². The number of piperidine rings is 1. The van der Waals surface area contributed by atoms with E-state index < -0.39 is 0 Å². The van der Waals surface area contributed by atoms with Crippen molar-refractivity contribution in [1.29, 1.82) is 0 Å². The number of rotatable bonds is 4. The molecule has 1 N–H and O–H groups in total. The second kappa shape index (κ2) is 8.63. The number of urea groups is 1. The first-order valence-corrected chi connectivity index (χ1v) is 9.98. The summed E-state index contributed by atoms with van der Waals surface area (Å²) in [7, 11) is 0. The summed E-state index contributed by atoms with van der Waals surface area (Å²) in [5, 5.41) is 2.98. The molecule has 0 aliphatic carbocycles. The third-order valence-corrected chi connectivity index (χ3v) is 5.66. The Kier molecular flexibility index (Phi) is 6.21. The SMILES string of the molecule is CCOC(=O)C1CCN(C(=O)NC2CC(=O)N(c3ccc(C)c(C)c3)C2)CC1. The molecule has 7 nitrogen and oxygen atoms in total. The molecule has 28 heavy (non-hydrogen) atoms. The molecule has 152 valence electrons. The van der Waals surface area contributed by atoms with Crippen molar-refractivity contribution in [3.63, 3.8) is 0 Å². The summed E-state index contributed by atoms with van der Waals surface area (Å²) in [5.74, 6) is -0.278. The van der Waals surface area contributed by atoms with Crippen LogP contribution in [0.1, 0.15) is 37.3 Å². The van der Waals surface area contributed by atoms with Crippen LogP contribution in [0.4, 0.5) is 10.5 Å². The average molecular weight is 387 g/mol. The largest absolute Gasteiger partial charge is 0.466 e. The van der Waals surface area contributed by atoms with Gasteiger partial charge in [-0.05, 0) is 56.9 Å². The molecule has 0 aromatic heterocycles. The zero-order chi connectivity index (χ0) is 20.3. The number of hydrogen-bond donors (Lipinski definition) is 1. The van der Waals surface area contributed by atoms with Crippen LogP contribution in [0, 0.1) is 19.8 Å². The van der Waals surface area contributed by atoms with Gasteiger partial charge in [-0.2, -0.15) is 0 Å². The maximum atomic E-state index is 12.6. The maximum Gasteiger partial charge on any atom is 0.317 e. The molecule has 1 unspecified atom stereocenters. The molecule has 1 atom stereocenters. The minimum absolute atomic E-state index is 0.0228. The molecule has 2 heterocycles. The van der Waals surface area contributed by atoms with E-state index in [4.69, 9.17) is 4.74 Å². The van der Waals surface area contributed by atoms with Gasteiger partial charge in [0.05, 0.1) is 18.6 Å². The van der Waals surface area contributed by atoms with Gasteiger partial charge in [0.25, 0.3) is 0 Å². The summed E-state index contributed by atoms with van der Waals surface area (Å²) < 4.78 is 5.07. The van der Waals surface area contributed by atoms with E-state index in [9.17, 15) is 14.4 Å². The van der Waals surface area contributed by atoms with Crippen molar-refractivity contribution in [2.75, 3.05) is 31.1 Å². The predicted octanol–water partition coefficient (Wildman–Crippen LogP) is 2.39. The summed E-state index contributed by atoms with van der Waals surface area (Å²) in [5.41, 5.74) is 3.20. The number of hydrogen-bond acceptors (Lipinski definition) is 4. The van der Waals surface area contributed by atoms with Crippen LogP contribution in [0.15, 0.2) is 18.2 Å². The molecular formula is C21H29N3O4. The van der Waals surface area contributed by atoms with Gasteiger partial charge in [0.1, 0.15) is 0 Å². The predicted molar refractivity (Wildman–Crippen MR) is 106 cm³/mol. The molecule has 2 fully saturated rings. The number of benzene rings is 1. The fourth-order valence-corrected chi connectivity index (χ4v) is 3.79. The van der Waals surface area contributed by atoms with E-state index in [1.54, 1.807) is 16.7 Å². The van der Waals surface area contributed by atoms with E-state index in [1.165, 1.54) is 5.56 Å². The van der Waals surface area contributed by atoms with E-state index >= 15 is 0 Å². The van der Waals surface area contributed by atoms with Crippen LogP contribution in [-0.2, 0) is 14.3 Å². The van der Waals surface area contributed by atoms with Crippen LogP contribution in [-0.4, -0.2) is 55.1 Å². The minimum atomic E-state index is -0.204. The maximum absolute atomic E-state index is 12.6. The van der Waals surface area contributed by atoms with Crippen molar-refractivity contribution in [3.05, 3.63) is 29.3 Å². The smallest absolute Gasteiger partial charge is 0.317 e. The number of likely N-dealkylation sites (tertiary alicyclic amines) is 1. The van der Waals surface area contributed by atoms with Gasteiger partial charge >= 0.3 is 12.0 Å². The fourth-order valence-electron chi connectivity index (χ4n) is 3.79. The molecule has 3 rings (SSSR count). The third kappa shape index (κ3) is 4.46. The summed E-state index contributed by atoms with van der Waals surface area (Å²) in [6.07, 6.45) is 1.53. The molecule has 0 radical (unpaired) electrons. The zero-order valence-electron chi connectivity index (χ0n) is 16.9. The lowest BCUT2D eigenvalue weighted by molar-refractivity contribution is -0.149. The highest BCUT2D eigenvalue weighted by Crippen LogP contribution is 2.24. The summed E-state index contributed by atoms with van der Waals surface area (Å²) in [6.45, 7) is 7.77. The molecule has 0 spiro atoms. The highest BCUT2D eigenvalue weighted by Gasteiger charge is 2.34. The molecule has 1 aromatic carbocycles. The lowest BCUT2D eigenvalue weighted by Crippen LogP contribution is -2.49. The van der Waals surface area contributed by atoms with Crippen LogP contribution in [0.2, 0.25) is 0 Å². The Morgan fingerprint density at radius 3 is 2.54 bits per heavy atom. The first kappa shape index (κ1) is 20.2.